The van der Waals surface area contributed by atoms with Crippen molar-refractivity contribution in [2.75, 3.05) is 13.1 Å². The molecule has 1 atom stereocenters. The number of nitrogens with zero attached hydrogens (tertiary/aromatic N) is 1. The number of aryl methyl sites for hydroxylation is 1. The second-order valence-electron chi connectivity index (χ2n) is 6.14. The van der Waals surface area contributed by atoms with Crippen LogP contribution in [0.5, 0.6) is 5.75 Å². The van der Waals surface area contributed by atoms with E-state index in [0.29, 0.717) is 12.2 Å². The predicted molar refractivity (Wildman–Crippen MR) is 93.1 cm³/mol. The number of benzene rings is 1. The van der Waals surface area contributed by atoms with Gasteiger partial charge in [0.05, 0.1) is 6.20 Å². The molecule has 1 aromatic carbocycles. The fourth-order valence-corrected chi connectivity index (χ4v) is 2.75. The smallest absolute Gasteiger partial charge is 0.251 e. The van der Waals surface area contributed by atoms with E-state index in [1.54, 1.807) is 6.20 Å². The van der Waals surface area contributed by atoms with Crippen LogP contribution in [0.3, 0.4) is 0 Å². The van der Waals surface area contributed by atoms with E-state index in [9.17, 15) is 4.79 Å². The van der Waals surface area contributed by atoms with Crippen molar-refractivity contribution < 1.29 is 9.53 Å². The number of pyridine rings is 1. The molecule has 1 aliphatic rings. The maximum atomic E-state index is 12.4. The molecule has 1 aromatic heterocycles. The first-order chi connectivity index (χ1) is 11.7. The third-order valence-electron chi connectivity index (χ3n) is 4.11. The van der Waals surface area contributed by atoms with Gasteiger partial charge in [0.1, 0.15) is 12.4 Å². The number of aromatic nitrogens is 1. The summed E-state index contributed by atoms with van der Waals surface area (Å²) in [6.07, 6.45) is 3.84. The van der Waals surface area contributed by atoms with E-state index in [1.165, 1.54) is 0 Å². The summed E-state index contributed by atoms with van der Waals surface area (Å²) in [4.78, 5) is 16.6. The van der Waals surface area contributed by atoms with Gasteiger partial charge >= 0.3 is 0 Å². The van der Waals surface area contributed by atoms with Crippen LogP contribution >= 0.6 is 0 Å². The molecule has 0 spiro atoms. The van der Waals surface area contributed by atoms with Crippen LogP contribution in [-0.2, 0) is 6.61 Å². The van der Waals surface area contributed by atoms with Gasteiger partial charge in [0.25, 0.3) is 5.91 Å². The van der Waals surface area contributed by atoms with Crippen molar-refractivity contribution in [3.8, 4) is 5.75 Å². The topological polar surface area (TPSA) is 63.2 Å². The average Bonchev–Trinajstić information content (AvgIpc) is 2.62. The van der Waals surface area contributed by atoms with Crippen LogP contribution in [0.4, 0.5) is 0 Å². The van der Waals surface area contributed by atoms with Gasteiger partial charge in [-0.05, 0) is 56.1 Å². The number of hydrogen-bond donors (Lipinski definition) is 2. The second-order valence-corrected chi connectivity index (χ2v) is 6.14. The molecule has 2 N–H and O–H groups in total. The molecule has 126 valence electrons. The highest BCUT2D eigenvalue weighted by molar-refractivity contribution is 5.94. The average molecular weight is 325 g/mol. The number of carbonyl (C=O) groups is 1. The maximum Gasteiger partial charge on any atom is 0.251 e. The molecular weight excluding hydrogens is 302 g/mol. The third kappa shape index (κ3) is 4.55. The fraction of sp³-hybridized carbons (Fsp3) is 0.368. The van der Waals surface area contributed by atoms with Crippen LogP contribution < -0.4 is 15.4 Å². The Morgan fingerprint density at radius 2 is 2.29 bits per heavy atom. The van der Waals surface area contributed by atoms with Gasteiger partial charge in [-0.1, -0.05) is 12.1 Å². The van der Waals surface area contributed by atoms with Crippen molar-refractivity contribution in [1.29, 1.82) is 0 Å². The molecule has 24 heavy (non-hydrogen) atoms. The summed E-state index contributed by atoms with van der Waals surface area (Å²) in [7, 11) is 0. The Balaban J connectivity index is 1.58. The molecule has 1 saturated heterocycles. The first-order valence-electron chi connectivity index (χ1n) is 8.37. The molecule has 0 saturated carbocycles. The van der Waals surface area contributed by atoms with Crippen LogP contribution in [0, 0.1) is 6.92 Å². The van der Waals surface area contributed by atoms with Crippen molar-refractivity contribution in [1.82, 2.24) is 15.6 Å². The molecule has 5 heteroatoms. The highest BCUT2D eigenvalue weighted by atomic mass is 16.5. The summed E-state index contributed by atoms with van der Waals surface area (Å²) in [6, 6.07) is 11.6. The summed E-state index contributed by atoms with van der Waals surface area (Å²) in [5, 5.41) is 6.39. The van der Waals surface area contributed by atoms with Crippen molar-refractivity contribution in [2.45, 2.75) is 32.4 Å². The van der Waals surface area contributed by atoms with Gasteiger partial charge in [-0.3, -0.25) is 9.78 Å². The van der Waals surface area contributed by atoms with E-state index < -0.39 is 0 Å². The Kier molecular flexibility index (Phi) is 5.43. The van der Waals surface area contributed by atoms with E-state index in [-0.39, 0.29) is 11.9 Å². The van der Waals surface area contributed by atoms with Crippen molar-refractivity contribution in [2.24, 2.45) is 0 Å². The predicted octanol–water partition coefficient (Wildman–Crippen LogP) is 2.45. The largest absolute Gasteiger partial charge is 0.487 e. The molecule has 1 unspecified atom stereocenters. The Morgan fingerprint density at radius 3 is 3.04 bits per heavy atom. The molecule has 1 fully saturated rings. The molecule has 3 rings (SSSR count). The van der Waals surface area contributed by atoms with Crippen LogP contribution in [0.1, 0.15) is 34.5 Å². The zero-order valence-corrected chi connectivity index (χ0v) is 13.9. The highest BCUT2D eigenvalue weighted by Crippen LogP contribution is 2.13. The van der Waals surface area contributed by atoms with Crippen molar-refractivity contribution in [3.63, 3.8) is 0 Å². The lowest BCUT2D eigenvalue weighted by atomic mass is 10.1. The normalized spacial score (nSPS) is 17.3. The van der Waals surface area contributed by atoms with E-state index in [1.807, 2.05) is 43.3 Å². The lowest BCUT2D eigenvalue weighted by molar-refractivity contribution is 0.0930. The first-order valence-corrected chi connectivity index (χ1v) is 8.37. The quantitative estimate of drug-likeness (QED) is 0.886. The summed E-state index contributed by atoms with van der Waals surface area (Å²) >= 11 is 0. The van der Waals surface area contributed by atoms with Crippen LogP contribution in [0.15, 0.2) is 42.6 Å². The molecule has 0 aliphatic carbocycles. The molecule has 1 aliphatic heterocycles. The number of nitrogens with one attached hydrogen (secondary N) is 2. The van der Waals surface area contributed by atoms with Gasteiger partial charge in [0.15, 0.2) is 0 Å². The summed E-state index contributed by atoms with van der Waals surface area (Å²) in [5.74, 6) is 0.700. The first kappa shape index (κ1) is 16.5. The Bertz CT molecular complexity index is 679. The van der Waals surface area contributed by atoms with E-state index in [4.69, 9.17) is 4.74 Å². The van der Waals surface area contributed by atoms with Gasteiger partial charge in [0.2, 0.25) is 0 Å². The van der Waals surface area contributed by atoms with E-state index in [2.05, 4.69) is 15.6 Å². The fourth-order valence-electron chi connectivity index (χ4n) is 2.75. The lowest BCUT2D eigenvalue weighted by Crippen LogP contribution is -2.45. The molecule has 5 nitrogen and oxygen atoms in total. The maximum absolute atomic E-state index is 12.4. The number of hydrogen-bond acceptors (Lipinski definition) is 4. The Labute approximate surface area is 142 Å². The third-order valence-corrected chi connectivity index (χ3v) is 4.11. The standard InChI is InChI=1S/C19H23N3O2/c1-14-7-8-18(12-21-14)24-13-15-4-2-5-16(10-15)19(23)22-17-6-3-9-20-11-17/h2,4-5,7-8,10,12,17,20H,3,6,9,11,13H2,1H3,(H,22,23). The minimum absolute atomic E-state index is 0.0254. The number of rotatable bonds is 5. The minimum atomic E-state index is -0.0254. The highest BCUT2D eigenvalue weighted by Gasteiger charge is 2.16. The molecule has 2 aromatic rings. The van der Waals surface area contributed by atoms with Gasteiger partial charge in [-0.25, -0.2) is 0 Å². The molecule has 0 radical (unpaired) electrons. The lowest BCUT2D eigenvalue weighted by Gasteiger charge is -2.23. The number of piperidine rings is 1. The number of amides is 1. The monoisotopic (exact) mass is 325 g/mol. The Morgan fingerprint density at radius 1 is 1.38 bits per heavy atom. The van der Waals surface area contributed by atoms with Crippen molar-refractivity contribution in [3.05, 3.63) is 59.4 Å². The molecule has 0 bridgehead atoms. The van der Waals surface area contributed by atoms with Gasteiger partial charge in [0, 0.05) is 23.8 Å². The van der Waals surface area contributed by atoms with E-state index in [0.717, 1.165) is 42.9 Å². The Hall–Kier alpha value is -2.40. The minimum Gasteiger partial charge on any atom is -0.487 e. The number of carbonyl (C=O) groups excluding carboxylic acids is 1. The van der Waals surface area contributed by atoms with Crippen LogP contribution in [0.25, 0.3) is 0 Å². The summed E-state index contributed by atoms with van der Waals surface area (Å²) in [5.41, 5.74) is 2.59. The summed E-state index contributed by atoms with van der Waals surface area (Å²) in [6.45, 7) is 4.23. The van der Waals surface area contributed by atoms with Crippen molar-refractivity contribution >= 4 is 5.91 Å². The zero-order valence-electron chi connectivity index (χ0n) is 13.9. The SMILES string of the molecule is Cc1ccc(OCc2cccc(C(=O)NC3CCCNC3)c2)cn1. The van der Waals surface area contributed by atoms with Gasteiger partial charge in [-0.2, -0.15) is 0 Å². The van der Waals surface area contributed by atoms with Crippen LogP contribution in [-0.4, -0.2) is 30.0 Å². The summed E-state index contributed by atoms with van der Waals surface area (Å²) < 4.78 is 5.73. The van der Waals surface area contributed by atoms with Crippen LogP contribution in [0.2, 0.25) is 0 Å². The van der Waals surface area contributed by atoms with Gasteiger partial charge in [-0.15, -0.1) is 0 Å². The second kappa shape index (κ2) is 7.93. The van der Waals surface area contributed by atoms with E-state index >= 15 is 0 Å². The number of ether oxygens (including phenoxy) is 1. The molecular formula is C19H23N3O2. The molecule has 2 heterocycles. The molecule has 1 amide bonds. The zero-order chi connectivity index (χ0) is 16.8. The van der Waals surface area contributed by atoms with Gasteiger partial charge < -0.3 is 15.4 Å².